The molecule has 0 aromatic heterocycles. The van der Waals surface area contributed by atoms with Crippen molar-refractivity contribution in [3.63, 3.8) is 0 Å². The lowest BCUT2D eigenvalue weighted by Crippen LogP contribution is -2.15. The van der Waals surface area contributed by atoms with E-state index >= 15 is 0 Å². The predicted molar refractivity (Wildman–Crippen MR) is 64.8 cm³/mol. The van der Waals surface area contributed by atoms with E-state index in [0.717, 1.165) is 5.56 Å². The first-order valence-electron chi connectivity index (χ1n) is 5.60. The number of Topliss-reactive ketones (excluding diaryl/α,β-unsaturated/α-hetero) is 1. The van der Waals surface area contributed by atoms with Crippen LogP contribution in [0.4, 0.5) is 0 Å². The van der Waals surface area contributed by atoms with E-state index in [-0.39, 0.29) is 11.5 Å². The largest absolute Gasteiger partial charge is 0.492 e. The number of ether oxygens (including phenoxy) is 1. The number of benzene rings is 1. The quantitative estimate of drug-likeness (QED) is 0.561. The van der Waals surface area contributed by atoms with Gasteiger partial charge >= 0.3 is 5.97 Å². The van der Waals surface area contributed by atoms with E-state index in [1.54, 1.807) is 6.07 Å². The standard InChI is InChI=1S/C13H13NO4/c1-8-3-4-10-12(7-8)17-6-5-11(13(10)16)14-18-9(2)15/h3-4,7H,5-6H2,1-2H3. The molecular weight excluding hydrogens is 234 g/mol. The molecule has 0 amide bonds. The number of ketones is 1. The van der Waals surface area contributed by atoms with Crippen molar-refractivity contribution in [2.75, 3.05) is 6.61 Å². The van der Waals surface area contributed by atoms with Gasteiger partial charge in [-0.15, -0.1) is 0 Å². The van der Waals surface area contributed by atoms with E-state index in [2.05, 4.69) is 9.99 Å². The lowest BCUT2D eigenvalue weighted by Gasteiger charge is -2.05. The Bertz CT molecular complexity index is 534. The van der Waals surface area contributed by atoms with E-state index in [4.69, 9.17) is 4.74 Å². The Morgan fingerprint density at radius 2 is 2.22 bits per heavy atom. The van der Waals surface area contributed by atoms with Gasteiger partial charge in [0.25, 0.3) is 0 Å². The summed E-state index contributed by atoms with van der Waals surface area (Å²) in [6.45, 7) is 3.49. The fraction of sp³-hybridized carbons (Fsp3) is 0.308. The summed E-state index contributed by atoms with van der Waals surface area (Å²) in [6.07, 6.45) is 0.319. The van der Waals surface area contributed by atoms with Gasteiger partial charge in [0.15, 0.2) is 0 Å². The Hall–Kier alpha value is -2.17. The number of carbonyl (C=O) groups excluding carboxylic acids is 2. The number of oxime groups is 1. The molecule has 0 fully saturated rings. The number of hydrogen-bond donors (Lipinski definition) is 0. The summed E-state index contributed by atoms with van der Waals surface area (Å²) in [6, 6.07) is 5.33. The monoisotopic (exact) mass is 247 g/mol. The average molecular weight is 247 g/mol. The summed E-state index contributed by atoms with van der Waals surface area (Å²) in [7, 11) is 0. The van der Waals surface area contributed by atoms with Crippen molar-refractivity contribution in [2.24, 2.45) is 5.16 Å². The first-order valence-corrected chi connectivity index (χ1v) is 5.60. The van der Waals surface area contributed by atoms with Crippen LogP contribution in [-0.4, -0.2) is 24.1 Å². The summed E-state index contributed by atoms with van der Waals surface area (Å²) >= 11 is 0. The van der Waals surface area contributed by atoms with Gasteiger partial charge in [0.2, 0.25) is 5.78 Å². The summed E-state index contributed by atoms with van der Waals surface area (Å²) in [5.41, 5.74) is 1.67. The molecule has 1 aliphatic heterocycles. The van der Waals surface area contributed by atoms with Gasteiger partial charge in [-0.25, -0.2) is 4.79 Å². The third kappa shape index (κ3) is 2.56. The van der Waals surface area contributed by atoms with E-state index in [1.807, 2.05) is 19.1 Å². The number of hydrogen-bond acceptors (Lipinski definition) is 5. The molecule has 0 radical (unpaired) electrons. The molecule has 0 bridgehead atoms. The van der Waals surface area contributed by atoms with Crippen LogP contribution < -0.4 is 4.74 Å². The molecule has 5 heteroatoms. The molecule has 0 N–H and O–H groups in total. The molecule has 5 nitrogen and oxygen atoms in total. The average Bonchev–Trinajstić information content (AvgIpc) is 2.46. The summed E-state index contributed by atoms with van der Waals surface area (Å²) in [5.74, 6) is -0.263. The molecule has 0 unspecified atom stereocenters. The molecule has 0 aliphatic carbocycles. The number of aryl methyl sites for hydroxylation is 1. The number of fused-ring (bicyclic) bond motifs is 1. The van der Waals surface area contributed by atoms with Crippen molar-refractivity contribution in [3.8, 4) is 5.75 Å². The highest BCUT2D eigenvalue weighted by molar-refractivity contribution is 6.46. The van der Waals surface area contributed by atoms with Crippen molar-refractivity contribution in [3.05, 3.63) is 29.3 Å². The highest BCUT2D eigenvalue weighted by Crippen LogP contribution is 2.24. The maximum absolute atomic E-state index is 12.2. The van der Waals surface area contributed by atoms with E-state index in [0.29, 0.717) is 24.3 Å². The normalized spacial score (nSPS) is 16.8. The SMILES string of the molecule is CC(=O)ON=C1CCOc2cc(C)ccc2C1=O. The number of carbonyl (C=O) groups is 2. The smallest absolute Gasteiger partial charge is 0.331 e. The maximum Gasteiger partial charge on any atom is 0.331 e. The molecule has 1 aromatic carbocycles. The van der Waals surface area contributed by atoms with Crippen molar-refractivity contribution in [1.29, 1.82) is 0 Å². The Balaban J connectivity index is 2.35. The van der Waals surface area contributed by atoms with Gasteiger partial charge in [0.05, 0.1) is 12.2 Å². The van der Waals surface area contributed by atoms with Crippen LogP contribution in [0.3, 0.4) is 0 Å². The molecule has 1 aliphatic rings. The highest BCUT2D eigenvalue weighted by Gasteiger charge is 2.23. The van der Waals surface area contributed by atoms with Gasteiger partial charge in [-0.05, 0) is 24.6 Å². The van der Waals surface area contributed by atoms with Crippen LogP contribution in [0.25, 0.3) is 0 Å². The second-order valence-corrected chi connectivity index (χ2v) is 4.05. The van der Waals surface area contributed by atoms with Crippen LogP contribution >= 0.6 is 0 Å². The molecule has 2 rings (SSSR count). The van der Waals surface area contributed by atoms with Crippen molar-refractivity contribution in [1.82, 2.24) is 0 Å². The minimum absolute atomic E-state index is 0.202. The highest BCUT2D eigenvalue weighted by atomic mass is 16.7. The zero-order valence-electron chi connectivity index (χ0n) is 10.2. The van der Waals surface area contributed by atoms with Crippen LogP contribution in [-0.2, 0) is 9.63 Å². The van der Waals surface area contributed by atoms with Gasteiger partial charge in [0.1, 0.15) is 11.5 Å². The molecule has 1 aromatic rings. The fourth-order valence-electron chi connectivity index (χ4n) is 1.67. The molecule has 0 atom stereocenters. The molecule has 94 valence electrons. The Morgan fingerprint density at radius 1 is 1.44 bits per heavy atom. The third-order valence-corrected chi connectivity index (χ3v) is 2.52. The number of nitrogens with zero attached hydrogens (tertiary/aromatic N) is 1. The van der Waals surface area contributed by atoms with Gasteiger partial charge < -0.3 is 9.57 Å². The Kier molecular flexibility index (Phi) is 3.41. The lowest BCUT2D eigenvalue weighted by molar-refractivity contribution is -0.140. The first kappa shape index (κ1) is 12.3. The van der Waals surface area contributed by atoms with Crippen molar-refractivity contribution >= 4 is 17.5 Å². The zero-order valence-corrected chi connectivity index (χ0v) is 10.2. The van der Waals surface area contributed by atoms with Crippen molar-refractivity contribution in [2.45, 2.75) is 20.3 Å². The van der Waals surface area contributed by atoms with Gasteiger partial charge in [-0.2, -0.15) is 0 Å². The minimum Gasteiger partial charge on any atom is -0.492 e. The molecule has 0 saturated carbocycles. The van der Waals surface area contributed by atoms with Gasteiger partial charge in [0, 0.05) is 13.3 Å². The van der Waals surface area contributed by atoms with Crippen molar-refractivity contribution < 1.29 is 19.2 Å². The van der Waals surface area contributed by atoms with Crippen LogP contribution in [0.5, 0.6) is 5.75 Å². The van der Waals surface area contributed by atoms with Crippen LogP contribution in [0, 0.1) is 6.92 Å². The third-order valence-electron chi connectivity index (χ3n) is 2.52. The van der Waals surface area contributed by atoms with E-state index in [9.17, 15) is 9.59 Å². The van der Waals surface area contributed by atoms with Gasteiger partial charge in [-0.3, -0.25) is 4.79 Å². The summed E-state index contributed by atoms with van der Waals surface area (Å²) < 4.78 is 5.49. The summed E-state index contributed by atoms with van der Waals surface area (Å²) in [4.78, 5) is 27.4. The zero-order chi connectivity index (χ0) is 13.1. The fourth-order valence-corrected chi connectivity index (χ4v) is 1.67. The lowest BCUT2D eigenvalue weighted by atomic mass is 10.0. The molecule has 0 saturated heterocycles. The van der Waals surface area contributed by atoms with Crippen LogP contribution in [0.1, 0.15) is 29.3 Å². The Morgan fingerprint density at radius 3 is 2.94 bits per heavy atom. The van der Waals surface area contributed by atoms with E-state index < -0.39 is 5.97 Å². The molecule has 1 heterocycles. The molecule has 18 heavy (non-hydrogen) atoms. The molecular formula is C13H13NO4. The van der Waals surface area contributed by atoms with E-state index in [1.165, 1.54) is 6.92 Å². The maximum atomic E-state index is 12.2. The summed E-state index contributed by atoms with van der Waals surface area (Å²) in [5, 5.41) is 3.58. The van der Waals surface area contributed by atoms with Crippen LogP contribution in [0.15, 0.2) is 23.4 Å². The number of rotatable bonds is 1. The predicted octanol–water partition coefficient (Wildman–Crippen LogP) is 1.88. The minimum atomic E-state index is -0.551. The Labute approximate surface area is 104 Å². The van der Waals surface area contributed by atoms with Crippen LogP contribution in [0.2, 0.25) is 0 Å². The second-order valence-electron chi connectivity index (χ2n) is 4.05. The van der Waals surface area contributed by atoms with Gasteiger partial charge in [-0.1, -0.05) is 11.2 Å². The molecule has 0 spiro atoms. The first-order chi connectivity index (χ1) is 8.58. The second kappa shape index (κ2) is 5.00. The topological polar surface area (TPSA) is 65.0 Å².